The first-order valence-corrected chi connectivity index (χ1v) is 11.2. The lowest BCUT2D eigenvalue weighted by molar-refractivity contribution is 0.473. The van der Waals surface area contributed by atoms with E-state index in [-0.39, 0.29) is 5.92 Å². The highest BCUT2D eigenvalue weighted by Crippen LogP contribution is 2.35. The molecule has 1 saturated heterocycles. The summed E-state index contributed by atoms with van der Waals surface area (Å²) in [5, 5.41) is 1.20. The first-order chi connectivity index (χ1) is 13.1. The number of hydrogen-bond donors (Lipinski definition) is 1. The molecule has 140 valence electrons. The number of para-hydroxylation sites is 1. The van der Waals surface area contributed by atoms with Gasteiger partial charge in [-0.25, -0.2) is 8.42 Å². The van der Waals surface area contributed by atoms with Gasteiger partial charge in [-0.05, 0) is 67.0 Å². The van der Waals surface area contributed by atoms with Gasteiger partial charge in [-0.15, -0.1) is 0 Å². The van der Waals surface area contributed by atoms with Gasteiger partial charge in [0.1, 0.15) is 0 Å². The predicted octanol–water partition coefficient (Wildman–Crippen LogP) is 4.22. The van der Waals surface area contributed by atoms with E-state index < -0.39 is 10.0 Å². The van der Waals surface area contributed by atoms with Gasteiger partial charge in [0.05, 0.1) is 4.90 Å². The van der Waals surface area contributed by atoms with Gasteiger partial charge in [-0.3, -0.25) is 0 Å². The summed E-state index contributed by atoms with van der Waals surface area (Å²) in [6.07, 6.45) is 7.34. The van der Waals surface area contributed by atoms with E-state index >= 15 is 0 Å². The SMILES string of the molecule is O=S(=O)(c1ccc2c(c1)CCCC2)N1CCC(c2c[nH]c3ccccc23)C1. The van der Waals surface area contributed by atoms with Crippen molar-refractivity contribution in [3.05, 3.63) is 65.4 Å². The fourth-order valence-corrected chi connectivity index (χ4v) is 6.20. The number of aryl methyl sites for hydroxylation is 2. The number of sulfonamides is 1. The molecule has 2 aliphatic rings. The Hall–Kier alpha value is -2.11. The molecule has 1 aromatic heterocycles. The topological polar surface area (TPSA) is 53.2 Å². The Balaban J connectivity index is 1.42. The van der Waals surface area contributed by atoms with E-state index in [0.29, 0.717) is 18.0 Å². The second-order valence-corrected chi connectivity index (χ2v) is 9.71. The number of fused-ring (bicyclic) bond motifs is 2. The van der Waals surface area contributed by atoms with Gasteiger partial charge in [-0.1, -0.05) is 24.3 Å². The van der Waals surface area contributed by atoms with Crippen molar-refractivity contribution in [2.45, 2.75) is 42.9 Å². The van der Waals surface area contributed by atoms with Crippen LogP contribution in [0.25, 0.3) is 10.9 Å². The van der Waals surface area contributed by atoms with Crippen LogP contribution in [-0.4, -0.2) is 30.8 Å². The Morgan fingerprint density at radius 2 is 1.81 bits per heavy atom. The van der Waals surface area contributed by atoms with Gasteiger partial charge in [0, 0.05) is 36.1 Å². The molecular formula is C22H24N2O2S. The van der Waals surface area contributed by atoms with Gasteiger partial charge < -0.3 is 4.98 Å². The van der Waals surface area contributed by atoms with Crippen LogP contribution in [0.2, 0.25) is 0 Å². The van der Waals surface area contributed by atoms with E-state index in [1.807, 2.05) is 30.5 Å². The highest BCUT2D eigenvalue weighted by atomic mass is 32.2. The maximum absolute atomic E-state index is 13.2. The third-order valence-corrected chi connectivity index (χ3v) is 8.03. The summed E-state index contributed by atoms with van der Waals surface area (Å²) in [5.41, 5.74) is 4.88. The summed E-state index contributed by atoms with van der Waals surface area (Å²) in [7, 11) is -3.43. The summed E-state index contributed by atoms with van der Waals surface area (Å²) < 4.78 is 28.1. The molecule has 1 aliphatic carbocycles. The van der Waals surface area contributed by atoms with Gasteiger partial charge >= 0.3 is 0 Å². The molecule has 0 amide bonds. The van der Waals surface area contributed by atoms with Crippen molar-refractivity contribution in [2.75, 3.05) is 13.1 Å². The third kappa shape index (κ3) is 2.89. The second kappa shape index (κ2) is 6.50. The van der Waals surface area contributed by atoms with Crippen LogP contribution in [0.3, 0.4) is 0 Å². The van der Waals surface area contributed by atoms with Crippen LogP contribution in [0.4, 0.5) is 0 Å². The molecule has 1 N–H and O–H groups in total. The van der Waals surface area contributed by atoms with E-state index in [2.05, 4.69) is 17.1 Å². The van der Waals surface area contributed by atoms with Crippen molar-refractivity contribution in [2.24, 2.45) is 0 Å². The fourth-order valence-electron chi connectivity index (χ4n) is 4.65. The molecule has 5 rings (SSSR count). The van der Waals surface area contributed by atoms with E-state index in [1.165, 1.54) is 28.5 Å². The number of H-pyrrole nitrogens is 1. The van der Waals surface area contributed by atoms with Crippen LogP contribution >= 0.6 is 0 Å². The molecule has 2 heterocycles. The zero-order valence-corrected chi connectivity index (χ0v) is 16.1. The largest absolute Gasteiger partial charge is 0.361 e. The smallest absolute Gasteiger partial charge is 0.243 e. The van der Waals surface area contributed by atoms with E-state index in [4.69, 9.17) is 0 Å². The number of nitrogens with zero attached hydrogens (tertiary/aromatic N) is 1. The minimum absolute atomic E-state index is 0.244. The molecule has 2 aromatic carbocycles. The number of rotatable bonds is 3. The number of benzene rings is 2. The molecule has 1 unspecified atom stereocenters. The van der Waals surface area contributed by atoms with Crippen molar-refractivity contribution in [1.82, 2.24) is 9.29 Å². The molecule has 0 radical (unpaired) electrons. The van der Waals surface area contributed by atoms with Crippen LogP contribution < -0.4 is 0 Å². The molecule has 1 aliphatic heterocycles. The molecule has 1 atom stereocenters. The molecule has 0 spiro atoms. The van der Waals surface area contributed by atoms with Gasteiger partial charge in [-0.2, -0.15) is 4.31 Å². The van der Waals surface area contributed by atoms with Gasteiger partial charge in [0.2, 0.25) is 10.0 Å². The summed E-state index contributed by atoms with van der Waals surface area (Å²) in [6.45, 7) is 1.14. The summed E-state index contributed by atoms with van der Waals surface area (Å²) in [4.78, 5) is 3.78. The number of nitrogens with one attached hydrogen (secondary N) is 1. The normalized spacial score (nSPS) is 20.8. The van der Waals surface area contributed by atoms with Gasteiger partial charge in [0.25, 0.3) is 0 Å². The average molecular weight is 381 g/mol. The van der Waals surface area contributed by atoms with Crippen LogP contribution in [-0.2, 0) is 22.9 Å². The second-order valence-electron chi connectivity index (χ2n) is 7.78. The van der Waals surface area contributed by atoms with Crippen molar-refractivity contribution < 1.29 is 8.42 Å². The first-order valence-electron chi connectivity index (χ1n) is 9.81. The molecule has 27 heavy (non-hydrogen) atoms. The van der Waals surface area contributed by atoms with E-state index in [0.717, 1.165) is 31.2 Å². The quantitative estimate of drug-likeness (QED) is 0.739. The molecule has 4 nitrogen and oxygen atoms in total. The fraction of sp³-hybridized carbons (Fsp3) is 0.364. The first kappa shape index (κ1) is 17.0. The van der Waals surface area contributed by atoms with Gasteiger partial charge in [0.15, 0.2) is 0 Å². The lowest BCUT2D eigenvalue weighted by Crippen LogP contribution is -2.29. The van der Waals surface area contributed by atoms with E-state index in [1.54, 1.807) is 10.4 Å². The number of aromatic nitrogens is 1. The predicted molar refractivity (Wildman–Crippen MR) is 107 cm³/mol. The van der Waals surface area contributed by atoms with Crippen molar-refractivity contribution in [3.63, 3.8) is 0 Å². The Morgan fingerprint density at radius 1 is 1.00 bits per heavy atom. The van der Waals surface area contributed by atoms with Crippen LogP contribution in [0.1, 0.15) is 41.9 Å². The van der Waals surface area contributed by atoms with Crippen molar-refractivity contribution >= 4 is 20.9 Å². The summed E-state index contributed by atoms with van der Waals surface area (Å²) >= 11 is 0. The Morgan fingerprint density at radius 3 is 2.70 bits per heavy atom. The minimum Gasteiger partial charge on any atom is -0.361 e. The molecular weight excluding hydrogens is 356 g/mol. The molecule has 3 aromatic rings. The number of hydrogen-bond acceptors (Lipinski definition) is 2. The standard InChI is InChI=1S/C22H24N2O2S/c25-27(26,19-10-9-16-5-1-2-6-17(16)13-19)24-12-11-18(15-24)21-14-23-22-8-4-3-7-20(21)22/h3-4,7-10,13-14,18,23H,1-2,5-6,11-12,15H2. The maximum atomic E-state index is 13.2. The van der Waals surface area contributed by atoms with Crippen LogP contribution in [0.5, 0.6) is 0 Å². The summed E-state index contributed by atoms with van der Waals surface area (Å²) in [5.74, 6) is 0.244. The highest BCUT2D eigenvalue weighted by molar-refractivity contribution is 7.89. The average Bonchev–Trinajstić information content (AvgIpc) is 3.35. The van der Waals surface area contributed by atoms with Crippen LogP contribution in [0, 0.1) is 0 Å². The summed E-state index contributed by atoms with van der Waals surface area (Å²) in [6, 6.07) is 14.0. The lowest BCUT2D eigenvalue weighted by atomic mass is 9.92. The van der Waals surface area contributed by atoms with Crippen molar-refractivity contribution in [1.29, 1.82) is 0 Å². The maximum Gasteiger partial charge on any atom is 0.243 e. The molecule has 1 fully saturated rings. The Labute approximate surface area is 160 Å². The molecule has 0 bridgehead atoms. The number of aromatic amines is 1. The van der Waals surface area contributed by atoms with E-state index in [9.17, 15) is 8.42 Å². The zero-order valence-electron chi connectivity index (χ0n) is 15.3. The zero-order chi connectivity index (χ0) is 18.4. The third-order valence-electron chi connectivity index (χ3n) is 6.17. The molecule has 0 saturated carbocycles. The minimum atomic E-state index is -3.43. The monoisotopic (exact) mass is 380 g/mol. The Bertz CT molecular complexity index is 1100. The van der Waals surface area contributed by atoms with Crippen molar-refractivity contribution in [3.8, 4) is 0 Å². The van der Waals surface area contributed by atoms with Crippen LogP contribution in [0.15, 0.2) is 53.6 Å². The molecule has 5 heteroatoms. The Kier molecular flexibility index (Phi) is 4.10. The lowest BCUT2D eigenvalue weighted by Gasteiger charge is -2.20. The highest BCUT2D eigenvalue weighted by Gasteiger charge is 2.34.